The van der Waals surface area contributed by atoms with Crippen LogP contribution < -0.4 is 11.1 Å². The molecule has 5 rings (SSSR count). The smallest absolute Gasteiger partial charge is 0.437 e. The average Bonchev–Trinajstić information content (AvgIpc) is 3.60. The molecule has 0 radical (unpaired) electrons. The molecular weight excluding hydrogens is 571 g/mol. The van der Waals surface area contributed by atoms with Crippen molar-refractivity contribution in [3.05, 3.63) is 59.5 Å². The van der Waals surface area contributed by atoms with E-state index in [4.69, 9.17) is 15.1 Å². The Morgan fingerprint density at radius 3 is 2.58 bits per heavy atom. The van der Waals surface area contributed by atoms with Gasteiger partial charge in [0.2, 0.25) is 11.7 Å². The van der Waals surface area contributed by atoms with Crippen LogP contribution >= 0.6 is 0 Å². The number of carbonyl (C=O) groups excluding carboxylic acids is 3. The highest BCUT2D eigenvalue weighted by atomic mass is 19.4. The average molecular weight is 600 g/mol. The summed E-state index contributed by atoms with van der Waals surface area (Å²) in [5, 5.41) is 2.14. The van der Waals surface area contributed by atoms with E-state index >= 15 is 0 Å². The van der Waals surface area contributed by atoms with E-state index in [1.807, 2.05) is 16.2 Å². The molecule has 1 aliphatic rings. The summed E-state index contributed by atoms with van der Waals surface area (Å²) in [5.41, 5.74) is 6.42. The van der Waals surface area contributed by atoms with Crippen molar-refractivity contribution < 1.29 is 36.7 Å². The molecule has 0 aliphatic carbocycles. The molecule has 1 aliphatic heterocycles. The van der Waals surface area contributed by atoms with Crippen LogP contribution in [0.1, 0.15) is 71.5 Å². The number of fused-ring (bicyclic) bond motifs is 1. The number of amides is 2. The van der Waals surface area contributed by atoms with Crippen LogP contribution in [0.4, 0.5) is 25.0 Å². The maximum Gasteiger partial charge on any atom is 0.437 e. The second-order valence-corrected chi connectivity index (χ2v) is 9.83. The second-order valence-electron chi connectivity index (χ2n) is 9.83. The highest BCUT2D eigenvalue weighted by Gasteiger charge is 2.42. The number of imidazole rings is 1. The molecule has 3 N–H and O–H groups in total. The number of benzene rings is 1. The first-order valence-electron chi connectivity index (χ1n) is 13.6. The van der Waals surface area contributed by atoms with Crippen LogP contribution in [0.25, 0.3) is 16.8 Å². The molecule has 12 nitrogen and oxygen atoms in total. The third-order valence-electron chi connectivity index (χ3n) is 7.05. The van der Waals surface area contributed by atoms with Gasteiger partial charge in [0.05, 0.1) is 6.61 Å². The third-order valence-corrected chi connectivity index (χ3v) is 7.05. The zero-order chi connectivity index (χ0) is 30.9. The van der Waals surface area contributed by atoms with Crippen LogP contribution in [0, 0.1) is 0 Å². The van der Waals surface area contributed by atoms with Gasteiger partial charge in [0.15, 0.2) is 5.69 Å². The Morgan fingerprint density at radius 2 is 1.91 bits per heavy atom. The van der Waals surface area contributed by atoms with E-state index in [-0.39, 0.29) is 29.8 Å². The first kappa shape index (κ1) is 29.5. The van der Waals surface area contributed by atoms with Crippen LogP contribution in [0.3, 0.4) is 0 Å². The van der Waals surface area contributed by atoms with Crippen LogP contribution in [-0.2, 0) is 15.7 Å². The van der Waals surface area contributed by atoms with Gasteiger partial charge in [0, 0.05) is 48.9 Å². The lowest BCUT2D eigenvalue weighted by Crippen LogP contribution is -2.39. The number of esters is 1. The lowest BCUT2D eigenvalue weighted by Gasteiger charge is -2.32. The van der Waals surface area contributed by atoms with Crippen molar-refractivity contribution in [3.8, 4) is 11.3 Å². The van der Waals surface area contributed by atoms with E-state index in [9.17, 15) is 27.6 Å². The molecule has 15 heteroatoms. The van der Waals surface area contributed by atoms with Crippen LogP contribution in [0.5, 0.6) is 0 Å². The van der Waals surface area contributed by atoms with Gasteiger partial charge in [0.1, 0.15) is 22.9 Å². The van der Waals surface area contributed by atoms with Crippen molar-refractivity contribution >= 4 is 35.1 Å². The molecule has 1 atom stereocenters. The number of hydrogen-bond acceptors (Lipinski definition) is 9. The molecule has 0 saturated carbocycles. The van der Waals surface area contributed by atoms with Crippen LogP contribution in [0.15, 0.2) is 41.1 Å². The number of nitrogen functional groups attached to an aromatic ring is 1. The molecule has 1 saturated heterocycles. The zero-order valence-electron chi connectivity index (χ0n) is 23.3. The van der Waals surface area contributed by atoms with Crippen molar-refractivity contribution in [1.29, 1.82) is 0 Å². The van der Waals surface area contributed by atoms with Gasteiger partial charge in [-0.15, -0.1) is 0 Å². The number of carbonyl (C=O) groups is 3. The Morgan fingerprint density at radius 1 is 1.16 bits per heavy atom. The number of likely N-dealkylation sites (tertiary alicyclic amines) is 1. The second kappa shape index (κ2) is 11.7. The first-order chi connectivity index (χ1) is 20.5. The summed E-state index contributed by atoms with van der Waals surface area (Å²) in [4.78, 5) is 51.3. The molecule has 4 aromatic rings. The van der Waals surface area contributed by atoms with Gasteiger partial charge in [-0.1, -0.05) is 19.1 Å². The number of alkyl halides is 3. The number of rotatable bonds is 7. The largest absolute Gasteiger partial charge is 0.460 e. The summed E-state index contributed by atoms with van der Waals surface area (Å²) in [7, 11) is 0. The minimum Gasteiger partial charge on any atom is -0.460 e. The van der Waals surface area contributed by atoms with Gasteiger partial charge in [-0.25, -0.2) is 14.8 Å². The fourth-order valence-corrected chi connectivity index (χ4v) is 5.06. The molecule has 3 aromatic heterocycles. The molecule has 0 bridgehead atoms. The predicted molar refractivity (Wildman–Crippen MR) is 147 cm³/mol. The third kappa shape index (κ3) is 5.87. The monoisotopic (exact) mass is 599 g/mol. The molecule has 0 spiro atoms. The number of nitrogens with zero attached hydrogens (tertiary/aromatic N) is 5. The number of halogens is 3. The lowest BCUT2D eigenvalue weighted by atomic mass is 9.97. The van der Waals surface area contributed by atoms with E-state index in [1.165, 1.54) is 19.1 Å². The van der Waals surface area contributed by atoms with Crippen molar-refractivity contribution in [2.75, 3.05) is 30.7 Å². The maximum absolute atomic E-state index is 13.4. The Bertz CT molecular complexity index is 1680. The van der Waals surface area contributed by atoms with E-state index in [1.54, 1.807) is 24.5 Å². The van der Waals surface area contributed by atoms with E-state index in [0.717, 1.165) is 18.7 Å². The molecule has 2 amide bonds. The molecule has 226 valence electrons. The van der Waals surface area contributed by atoms with Crippen molar-refractivity contribution in [1.82, 2.24) is 24.3 Å². The molecule has 1 unspecified atom stereocenters. The SMILES string of the molecule is CCOC(=O)c1oc(NC(=O)c2ccc(-c3nc(C4CCCN(C(=O)CC)C4)n4ccnc(N)c34)cc2)nc1C(F)(F)F. The van der Waals surface area contributed by atoms with Crippen molar-refractivity contribution in [3.63, 3.8) is 0 Å². The summed E-state index contributed by atoms with van der Waals surface area (Å²) >= 11 is 0. The van der Waals surface area contributed by atoms with Gasteiger partial charge < -0.3 is 19.8 Å². The van der Waals surface area contributed by atoms with Gasteiger partial charge >= 0.3 is 18.2 Å². The normalized spacial score (nSPS) is 15.5. The van der Waals surface area contributed by atoms with E-state index in [2.05, 4.69) is 20.0 Å². The Kier molecular flexibility index (Phi) is 8.06. The number of hydrogen-bond donors (Lipinski definition) is 2. The number of nitrogens with two attached hydrogens (primary N) is 1. The highest BCUT2D eigenvalue weighted by Crippen LogP contribution is 2.35. The fraction of sp³-hybridized carbons (Fsp3) is 0.357. The summed E-state index contributed by atoms with van der Waals surface area (Å²) in [6.45, 7) is 4.29. The number of aromatic nitrogens is 4. The Balaban J connectivity index is 1.42. The number of nitrogens with one attached hydrogen (secondary N) is 1. The van der Waals surface area contributed by atoms with Crippen molar-refractivity contribution in [2.24, 2.45) is 0 Å². The molecular formula is C28H28F3N7O5. The first-order valence-corrected chi connectivity index (χ1v) is 13.6. The standard InChI is InChI=1S/C28H28F3N7O5/c1-3-18(39)37-12-5-6-17(14-37)24-34-19(20-23(32)33-11-13-38(20)24)15-7-9-16(10-8-15)25(40)36-27-35-22(28(29,30)31)21(43-27)26(41)42-4-2/h7-11,13,17H,3-6,12,14H2,1-2H3,(H2,32,33)(H,35,36,40). The van der Waals surface area contributed by atoms with Gasteiger partial charge in [-0.05, 0) is 31.9 Å². The number of oxazole rings is 1. The summed E-state index contributed by atoms with van der Waals surface area (Å²) in [6, 6.07) is 5.31. The van der Waals surface area contributed by atoms with E-state index < -0.39 is 35.5 Å². The van der Waals surface area contributed by atoms with Crippen molar-refractivity contribution in [2.45, 2.75) is 45.2 Å². The van der Waals surface area contributed by atoms with E-state index in [0.29, 0.717) is 36.3 Å². The van der Waals surface area contributed by atoms with Gasteiger partial charge in [0.25, 0.3) is 5.91 Å². The minimum absolute atomic E-state index is 0.0285. The summed E-state index contributed by atoms with van der Waals surface area (Å²) in [5.74, 6) is -2.30. The fourth-order valence-electron chi connectivity index (χ4n) is 5.06. The number of ether oxygens (including phenoxy) is 1. The van der Waals surface area contributed by atoms with Gasteiger partial charge in [-0.3, -0.25) is 19.3 Å². The quantitative estimate of drug-likeness (QED) is 0.291. The zero-order valence-corrected chi connectivity index (χ0v) is 23.3. The van der Waals surface area contributed by atoms with Crippen LogP contribution in [0.2, 0.25) is 0 Å². The van der Waals surface area contributed by atoms with Crippen LogP contribution in [-0.4, -0.2) is 61.7 Å². The van der Waals surface area contributed by atoms with Gasteiger partial charge in [-0.2, -0.15) is 18.2 Å². The predicted octanol–water partition coefficient (Wildman–Crippen LogP) is 4.53. The Labute approximate surface area is 243 Å². The summed E-state index contributed by atoms with van der Waals surface area (Å²) in [6.07, 6.45) is 0.409. The minimum atomic E-state index is -5.01. The lowest BCUT2D eigenvalue weighted by molar-refractivity contribution is -0.141. The molecule has 1 fully saturated rings. The highest BCUT2D eigenvalue weighted by molar-refractivity contribution is 6.03. The number of piperidine rings is 1. The molecule has 4 heterocycles. The maximum atomic E-state index is 13.4. The Hall–Kier alpha value is -4.95. The molecule has 43 heavy (non-hydrogen) atoms. The number of anilines is 2. The topological polar surface area (TPSA) is 158 Å². The molecule has 1 aromatic carbocycles. The summed E-state index contributed by atoms with van der Waals surface area (Å²) < 4.78 is 51.5.